The number of methoxy groups -OCH3 is 1. The van der Waals surface area contributed by atoms with Crippen molar-refractivity contribution in [2.75, 3.05) is 7.11 Å². The summed E-state index contributed by atoms with van der Waals surface area (Å²) < 4.78 is 5.18. The molecule has 21 heavy (non-hydrogen) atoms. The van der Waals surface area contributed by atoms with Gasteiger partial charge in [-0.25, -0.2) is 9.59 Å². The molecule has 7 nitrogen and oxygen atoms in total. The van der Waals surface area contributed by atoms with E-state index in [1.807, 2.05) is 0 Å². The Kier molecular flexibility index (Phi) is 3.11. The van der Waals surface area contributed by atoms with Gasteiger partial charge < -0.3 is 14.9 Å². The van der Waals surface area contributed by atoms with Crippen LogP contribution in [0.5, 0.6) is 0 Å². The van der Waals surface area contributed by atoms with Gasteiger partial charge in [0, 0.05) is 0 Å². The molecule has 3 aliphatic rings. The molecule has 2 aliphatic heterocycles. The lowest BCUT2D eigenvalue weighted by atomic mass is 9.82. The average molecular weight is 311 g/mol. The third-order valence-electron chi connectivity index (χ3n) is 3.69. The molecule has 0 radical (unpaired) electrons. The van der Waals surface area contributed by atoms with E-state index in [-0.39, 0.29) is 11.1 Å². The zero-order valence-electron chi connectivity index (χ0n) is 10.8. The highest BCUT2D eigenvalue weighted by Gasteiger charge is 2.49. The molecule has 0 aromatic rings. The number of hydrogen-bond donors (Lipinski definition) is 3. The summed E-state index contributed by atoms with van der Waals surface area (Å²) in [6.45, 7) is 0. The molecule has 110 valence electrons. The fraction of sp³-hybridized carbons (Fsp3) is 0.308. The molecule has 0 saturated carbocycles. The second-order valence-corrected chi connectivity index (χ2v) is 5.15. The van der Waals surface area contributed by atoms with Crippen molar-refractivity contribution < 1.29 is 24.5 Å². The highest BCUT2D eigenvalue weighted by atomic mass is 35.5. The quantitative estimate of drug-likeness (QED) is 0.517. The van der Waals surface area contributed by atoms with Crippen LogP contribution < -0.4 is 5.32 Å². The molecule has 0 spiro atoms. The Bertz CT molecular complexity index is 676. The van der Waals surface area contributed by atoms with Gasteiger partial charge in [0.2, 0.25) is 0 Å². The molecule has 0 bridgehead atoms. The van der Waals surface area contributed by atoms with Crippen molar-refractivity contribution in [3.8, 4) is 0 Å². The topological polar surface area (TPSA) is 108 Å². The first-order valence-electron chi connectivity index (χ1n) is 6.10. The van der Waals surface area contributed by atoms with Gasteiger partial charge in [0.25, 0.3) is 0 Å². The third-order valence-corrected chi connectivity index (χ3v) is 4.04. The number of nitrogens with zero attached hydrogens (tertiary/aromatic N) is 1. The number of alkyl halides is 1. The van der Waals surface area contributed by atoms with Gasteiger partial charge in [-0.1, -0.05) is 0 Å². The van der Waals surface area contributed by atoms with Crippen molar-refractivity contribution in [2.24, 2.45) is 10.9 Å². The Morgan fingerprint density at radius 3 is 2.62 bits per heavy atom. The predicted molar refractivity (Wildman–Crippen MR) is 73.0 cm³/mol. The highest BCUT2D eigenvalue weighted by molar-refractivity contribution is 6.26. The number of hydrogen-bond acceptors (Lipinski definition) is 5. The summed E-state index contributed by atoms with van der Waals surface area (Å²) in [5.74, 6) is -2.65. The van der Waals surface area contributed by atoms with Gasteiger partial charge >= 0.3 is 11.9 Å². The molecule has 2 heterocycles. The van der Waals surface area contributed by atoms with E-state index in [0.717, 1.165) is 0 Å². The summed E-state index contributed by atoms with van der Waals surface area (Å²) in [5.41, 5.74) is -0.117. The second kappa shape index (κ2) is 4.71. The van der Waals surface area contributed by atoms with Gasteiger partial charge in [-0.2, -0.15) is 0 Å². The van der Waals surface area contributed by atoms with Gasteiger partial charge in [-0.15, -0.1) is 11.6 Å². The monoisotopic (exact) mass is 310 g/mol. The number of aliphatic imine (C=N–C) groups is 1. The van der Waals surface area contributed by atoms with Gasteiger partial charge in [-0.3, -0.25) is 10.3 Å². The summed E-state index contributed by atoms with van der Waals surface area (Å²) >= 11 is 5.97. The number of nitrogens with one attached hydrogen (secondary N) is 1. The number of ether oxygens (including phenoxy) is 1. The molecule has 0 saturated heterocycles. The van der Waals surface area contributed by atoms with Crippen molar-refractivity contribution in [3.05, 3.63) is 34.6 Å². The minimum absolute atomic E-state index is 0.0464. The van der Waals surface area contributed by atoms with Crippen LogP contribution in [0.3, 0.4) is 0 Å². The minimum atomic E-state index is -1.19. The van der Waals surface area contributed by atoms with E-state index in [0.29, 0.717) is 17.0 Å². The van der Waals surface area contributed by atoms with E-state index in [2.05, 4.69) is 10.3 Å². The Morgan fingerprint density at radius 1 is 1.33 bits per heavy atom. The Morgan fingerprint density at radius 2 is 2.05 bits per heavy atom. The molecule has 1 aliphatic carbocycles. The average Bonchev–Trinajstić information content (AvgIpc) is 2.91. The van der Waals surface area contributed by atoms with E-state index >= 15 is 0 Å². The van der Waals surface area contributed by atoms with E-state index < -0.39 is 29.5 Å². The van der Waals surface area contributed by atoms with E-state index in [1.54, 1.807) is 0 Å². The first kappa shape index (κ1) is 13.8. The van der Waals surface area contributed by atoms with Gasteiger partial charge in [0.15, 0.2) is 0 Å². The number of rotatable bonds is 3. The fourth-order valence-electron chi connectivity index (χ4n) is 2.85. The predicted octanol–water partition coefficient (Wildman–Crippen LogP) is 0.487. The minimum Gasteiger partial charge on any atom is -0.495 e. The third kappa shape index (κ3) is 1.89. The molecule has 3 unspecified atom stereocenters. The van der Waals surface area contributed by atoms with Gasteiger partial charge in [0.1, 0.15) is 17.4 Å². The number of carboxylic acid groups (broad SMARTS) is 2. The molecule has 0 fully saturated rings. The fourth-order valence-corrected chi connectivity index (χ4v) is 3.19. The largest absolute Gasteiger partial charge is 0.495 e. The molecule has 3 rings (SSSR count). The number of fused-ring (bicyclic) bond motifs is 3. The summed E-state index contributed by atoms with van der Waals surface area (Å²) in [6.07, 6.45) is 2.28. The van der Waals surface area contributed by atoms with E-state index in [4.69, 9.17) is 16.3 Å². The first-order valence-corrected chi connectivity index (χ1v) is 6.54. The maximum atomic E-state index is 11.4. The summed E-state index contributed by atoms with van der Waals surface area (Å²) in [4.78, 5) is 27.2. The van der Waals surface area contributed by atoms with E-state index in [1.165, 1.54) is 19.3 Å². The van der Waals surface area contributed by atoms with Crippen LogP contribution in [0.4, 0.5) is 0 Å². The number of carbonyl (C=O) groups is 2. The van der Waals surface area contributed by atoms with Crippen LogP contribution in [0, 0.1) is 5.92 Å². The molecule has 0 aromatic carbocycles. The maximum absolute atomic E-state index is 11.4. The normalized spacial score (nSPS) is 30.2. The lowest BCUT2D eigenvalue weighted by Crippen LogP contribution is -2.27. The number of halogens is 1. The van der Waals surface area contributed by atoms with Gasteiger partial charge in [0.05, 0.1) is 29.9 Å². The van der Waals surface area contributed by atoms with Crippen LogP contribution in [-0.2, 0) is 14.3 Å². The van der Waals surface area contributed by atoms with Crippen molar-refractivity contribution in [1.29, 1.82) is 0 Å². The lowest BCUT2D eigenvalue weighted by molar-refractivity contribution is -0.134. The molecular formula is C13H11ClN2O5. The van der Waals surface area contributed by atoms with Crippen LogP contribution in [0.1, 0.15) is 0 Å². The van der Waals surface area contributed by atoms with Crippen LogP contribution in [0.25, 0.3) is 0 Å². The first-order chi connectivity index (χ1) is 9.95. The standard InChI is InChI=1S/C13H11ClN2O5/c1-21-5-3-2-4(12(17)18)6-7-8(13(19)20)10(14)16-11(7)15-9(5)6/h2-3,6,10-11,16H,1H3,(H,17,18)(H,19,20). The van der Waals surface area contributed by atoms with Crippen LogP contribution in [0.2, 0.25) is 0 Å². The molecular weight excluding hydrogens is 300 g/mol. The van der Waals surface area contributed by atoms with Crippen molar-refractivity contribution in [1.82, 2.24) is 5.32 Å². The Balaban J connectivity index is 2.19. The molecule has 3 atom stereocenters. The Labute approximate surface area is 124 Å². The summed E-state index contributed by atoms with van der Waals surface area (Å²) in [7, 11) is 1.45. The van der Waals surface area contributed by atoms with Crippen LogP contribution in [0.15, 0.2) is 39.6 Å². The molecule has 0 aromatic heterocycles. The molecule has 0 amide bonds. The molecule has 3 N–H and O–H groups in total. The van der Waals surface area contributed by atoms with Crippen LogP contribution in [-0.4, -0.2) is 46.6 Å². The number of carboxylic acids is 2. The van der Waals surface area contributed by atoms with Gasteiger partial charge in [-0.05, 0) is 17.7 Å². The summed E-state index contributed by atoms with van der Waals surface area (Å²) in [5, 5.41) is 21.5. The maximum Gasteiger partial charge on any atom is 0.334 e. The number of allylic oxidation sites excluding steroid dienone is 3. The zero-order chi connectivity index (χ0) is 15.3. The van der Waals surface area contributed by atoms with Crippen molar-refractivity contribution in [2.45, 2.75) is 11.7 Å². The zero-order valence-corrected chi connectivity index (χ0v) is 11.6. The van der Waals surface area contributed by atoms with Crippen LogP contribution >= 0.6 is 11.6 Å². The van der Waals surface area contributed by atoms with Crippen molar-refractivity contribution >= 4 is 29.3 Å². The van der Waals surface area contributed by atoms with Crippen molar-refractivity contribution in [3.63, 3.8) is 0 Å². The summed E-state index contributed by atoms with van der Waals surface area (Å²) in [6, 6.07) is 0. The van der Waals surface area contributed by atoms with E-state index in [9.17, 15) is 19.8 Å². The Hall–Kier alpha value is -2.12. The number of aliphatic carboxylic acids is 2. The smallest absolute Gasteiger partial charge is 0.334 e. The molecule has 8 heteroatoms. The SMILES string of the molecule is COC1=CC=C(C(=O)O)C2C1=NC1NC(Cl)C(C(=O)O)=C12. The lowest BCUT2D eigenvalue weighted by Gasteiger charge is -2.21. The second-order valence-electron chi connectivity index (χ2n) is 4.72. The highest BCUT2D eigenvalue weighted by Crippen LogP contribution is 2.43.